The summed E-state index contributed by atoms with van der Waals surface area (Å²) in [7, 11) is 0. The molecule has 1 N–H and O–H groups in total. The summed E-state index contributed by atoms with van der Waals surface area (Å²) in [6.45, 7) is 5.00. The van der Waals surface area contributed by atoms with Crippen LogP contribution in [0.15, 0.2) is 42.5 Å². The Labute approximate surface area is 221 Å². The third kappa shape index (κ3) is 6.50. The number of nitrogens with one attached hydrogen (secondary N) is 1. The van der Waals surface area contributed by atoms with E-state index >= 15 is 0 Å². The smallest absolute Gasteiger partial charge is 0.247 e. The van der Waals surface area contributed by atoms with Crippen LogP contribution in [0, 0.1) is 11.7 Å². The molecule has 7 nitrogen and oxygen atoms in total. The average molecular weight is 528 g/mol. The van der Waals surface area contributed by atoms with Crippen LogP contribution in [0.3, 0.4) is 0 Å². The van der Waals surface area contributed by atoms with Crippen molar-refractivity contribution in [3.05, 3.63) is 64.4 Å². The zero-order valence-corrected chi connectivity index (χ0v) is 21.5. The maximum Gasteiger partial charge on any atom is 0.247 e. The van der Waals surface area contributed by atoms with E-state index in [9.17, 15) is 14.0 Å². The minimum atomic E-state index is -0.250. The van der Waals surface area contributed by atoms with E-state index in [4.69, 9.17) is 21.1 Å². The second kappa shape index (κ2) is 11.2. The summed E-state index contributed by atoms with van der Waals surface area (Å²) in [6, 6.07) is 9.80. The first kappa shape index (κ1) is 25.7. The maximum atomic E-state index is 13.4. The Morgan fingerprint density at radius 1 is 1.16 bits per heavy atom. The fourth-order valence-electron chi connectivity index (χ4n) is 4.94. The molecule has 2 amide bonds. The quantitative estimate of drug-likeness (QED) is 0.517. The van der Waals surface area contributed by atoms with Crippen LogP contribution in [-0.4, -0.2) is 66.6 Å². The van der Waals surface area contributed by atoms with Crippen molar-refractivity contribution in [2.24, 2.45) is 5.92 Å². The molecule has 0 aromatic heterocycles. The second-order valence-electron chi connectivity index (χ2n) is 10.0. The van der Waals surface area contributed by atoms with Gasteiger partial charge in [0.1, 0.15) is 11.6 Å². The van der Waals surface area contributed by atoms with Gasteiger partial charge < -0.3 is 19.7 Å². The van der Waals surface area contributed by atoms with Crippen molar-refractivity contribution < 1.29 is 23.5 Å². The lowest BCUT2D eigenvalue weighted by atomic mass is 10.0. The van der Waals surface area contributed by atoms with Gasteiger partial charge in [-0.25, -0.2) is 4.39 Å². The minimum Gasteiger partial charge on any atom is -0.492 e. The van der Waals surface area contributed by atoms with Crippen molar-refractivity contribution in [1.29, 1.82) is 0 Å². The van der Waals surface area contributed by atoms with Crippen molar-refractivity contribution in [3.63, 3.8) is 0 Å². The van der Waals surface area contributed by atoms with Gasteiger partial charge in [0.25, 0.3) is 0 Å². The van der Waals surface area contributed by atoms with Crippen molar-refractivity contribution in [2.45, 2.75) is 38.4 Å². The molecule has 2 saturated heterocycles. The average Bonchev–Trinajstić information content (AvgIpc) is 3.68. The molecule has 3 fully saturated rings. The number of nitrogens with zero attached hydrogens (tertiary/aromatic N) is 2. The topological polar surface area (TPSA) is 71.1 Å². The highest BCUT2D eigenvalue weighted by atomic mass is 35.5. The van der Waals surface area contributed by atoms with Gasteiger partial charge in [-0.1, -0.05) is 23.7 Å². The molecule has 0 radical (unpaired) electrons. The third-order valence-electron chi connectivity index (χ3n) is 6.91. The number of amides is 2. The Balaban J connectivity index is 1.30. The van der Waals surface area contributed by atoms with E-state index < -0.39 is 0 Å². The van der Waals surface area contributed by atoms with Crippen LogP contribution in [0.2, 0.25) is 5.02 Å². The predicted octanol–water partition coefficient (Wildman–Crippen LogP) is 4.35. The first-order chi connectivity index (χ1) is 17.9. The molecule has 2 bridgehead atoms. The second-order valence-corrected chi connectivity index (χ2v) is 10.5. The molecule has 5 rings (SSSR count). The van der Waals surface area contributed by atoms with Gasteiger partial charge in [-0.3, -0.25) is 14.5 Å². The zero-order chi connectivity index (χ0) is 25.9. The van der Waals surface area contributed by atoms with Gasteiger partial charge in [-0.2, -0.15) is 0 Å². The Morgan fingerprint density at radius 3 is 2.51 bits per heavy atom. The van der Waals surface area contributed by atoms with Gasteiger partial charge in [-0.15, -0.1) is 0 Å². The van der Waals surface area contributed by atoms with E-state index in [1.54, 1.807) is 36.4 Å². The molecule has 2 atom stereocenters. The molecule has 0 spiro atoms. The van der Waals surface area contributed by atoms with E-state index in [1.807, 2.05) is 4.90 Å². The number of halogens is 2. The van der Waals surface area contributed by atoms with Gasteiger partial charge in [0, 0.05) is 43.9 Å². The van der Waals surface area contributed by atoms with Crippen LogP contribution in [0.25, 0.3) is 6.08 Å². The lowest BCUT2D eigenvalue weighted by Gasteiger charge is -2.49. The molecule has 37 heavy (non-hydrogen) atoms. The van der Waals surface area contributed by atoms with Crippen LogP contribution < -0.4 is 10.1 Å². The molecule has 1 saturated carbocycles. The number of ether oxygens (including phenoxy) is 2. The van der Waals surface area contributed by atoms with Crippen LogP contribution in [0.1, 0.15) is 30.9 Å². The number of carbonyl (C=O) groups excluding carboxylic acids is 2. The standard InChI is InChI=1S/C28H31ClFN3O4/c1-18(34)31-26-11-25(29)27(37-15-20-2-3-20)10-21(26)6-9-28(35)33-23-13-32(14-24(33)17-36-16-23)12-19-4-7-22(30)8-5-19/h4-11,20,23-24H,2-3,12-17H2,1H3,(H,31,34)/b9-6+. The largest absolute Gasteiger partial charge is 0.492 e. The number of rotatable bonds is 8. The predicted molar refractivity (Wildman–Crippen MR) is 140 cm³/mol. The van der Waals surface area contributed by atoms with E-state index in [1.165, 1.54) is 19.1 Å². The number of anilines is 1. The summed E-state index contributed by atoms with van der Waals surface area (Å²) in [5.41, 5.74) is 2.20. The molecule has 196 valence electrons. The van der Waals surface area contributed by atoms with Gasteiger partial charge >= 0.3 is 0 Å². The minimum absolute atomic E-state index is 0.0810. The molecule has 2 aromatic carbocycles. The van der Waals surface area contributed by atoms with Gasteiger partial charge in [0.05, 0.1) is 36.9 Å². The lowest BCUT2D eigenvalue weighted by Crippen LogP contribution is -2.65. The fourth-order valence-corrected chi connectivity index (χ4v) is 5.16. The van der Waals surface area contributed by atoms with Gasteiger partial charge in [-0.05, 0) is 54.7 Å². The number of fused-ring (bicyclic) bond motifs is 2. The Hall–Kier alpha value is -2.94. The van der Waals surface area contributed by atoms with Crippen molar-refractivity contribution >= 4 is 35.2 Å². The highest BCUT2D eigenvalue weighted by molar-refractivity contribution is 6.32. The lowest BCUT2D eigenvalue weighted by molar-refractivity contribution is -0.150. The number of hydrogen-bond acceptors (Lipinski definition) is 5. The Morgan fingerprint density at radius 2 is 1.86 bits per heavy atom. The Kier molecular flexibility index (Phi) is 7.79. The van der Waals surface area contributed by atoms with Gasteiger partial charge in [0.15, 0.2) is 0 Å². The van der Waals surface area contributed by atoms with Crippen LogP contribution in [0.5, 0.6) is 5.75 Å². The summed E-state index contributed by atoms with van der Waals surface area (Å²) < 4.78 is 24.9. The third-order valence-corrected chi connectivity index (χ3v) is 7.21. The highest BCUT2D eigenvalue weighted by Gasteiger charge is 2.40. The van der Waals surface area contributed by atoms with E-state index in [-0.39, 0.29) is 29.7 Å². The van der Waals surface area contributed by atoms with Crippen LogP contribution in [-0.2, 0) is 20.9 Å². The molecular formula is C28H31ClFN3O4. The van der Waals surface area contributed by atoms with Crippen LogP contribution >= 0.6 is 11.6 Å². The normalized spacial score (nSPS) is 21.8. The number of carbonyl (C=O) groups is 2. The molecule has 2 unspecified atom stereocenters. The summed E-state index contributed by atoms with van der Waals surface area (Å²) in [4.78, 5) is 29.3. The first-order valence-electron chi connectivity index (χ1n) is 12.6. The van der Waals surface area contributed by atoms with Crippen molar-refractivity contribution in [2.75, 3.05) is 38.2 Å². The molecule has 2 heterocycles. The van der Waals surface area contributed by atoms with E-state index in [0.29, 0.717) is 67.4 Å². The Bertz CT molecular complexity index is 1170. The van der Waals surface area contributed by atoms with Gasteiger partial charge in [0.2, 0.25) is 11.8 Å². The van der Waals surface area contributed by atoms with Crippen LogP contribution in [0.4, 0.5) is 10.1 Å². The highest BCUT2D eigenvalue weighted by Crippen LogP contribution is 2.35. The molecule has 2 aliphatic heterocycles. The summed E-state index contributed by atoms with van der Waals surface area (Å²) in [6.07, 6.45) is 5.56. The SMILES string of the molecule is CC(=O)Nc1cc(Cl)c(OCC2CC2)cc1/C=C/C(=O)N1C2COCC1CN(Cc1ccc(F)cc1)C2. The first-order valence-corrected chi connectivity index (χ1v) is 13.0. The number of hydrogen-bond donors (Lipinski definition) is 1. The summed E-state index contributed by atoms with van der Waals surface area (Å²) >= 11 is 6.40. The summed E-state index contributed by atoms with van der Waals surface area (Å²) in [5, 5.41) is 3.20. The van der Waals surface area contributed by atoms with Crippen molar-refractivity contribution in [1.82, 2.24) is 9.80 Å². The van der Waals surface area contributed by atoms with E-state index in [2.05, 4.69) is 10.2 Å². The number of benzene rings is 2. The van der Waals surface area contributed by atoms with Crippen molar-refractivity contribution in [3.8, 4) is 5.75 Å². The molecular weight excluding hydrogens is 497 g/mol. The zero-order valence-electron chi connectivity index (χ0n) is 20.8. The molecule has 2 aromatic rings. The number of piperazine rings is 1. The molecule has 9 heteroatoms. The number of morpholine rings is 1. The monoisotopic (exact) mass is 527 g/mol. The molecule has 3 aliphatic rings. The van der Waals surface area contributed by atoms with E-state index in [0.717, 1.165) is 18.4 Å². The fraction of sp³-hybridized carbons (Fsp3) is 0.429. The summed E-state index contributed by atoms with van der Waals surface area (Å²) in [5.74, 6) is 0.515. The maximum absolute atomic E-state index is 13.4. The molecule has 1 aliphatic carbocycles.